The number of aliphatic hydroxyl groups is 1. The highest BCUT2D eigenvalue weighted by Gasteiger charge is 2.08. The van der Waals surface area contributed by atoms with Crippen LogP contribution in [0.15, 0.2) is 24.3 Å². The van der Waals surface area contributed by atoms with E-state index < -0.39 is 0 Å². The minimum absolute atomic E-state index is 0.0731. The highest BCUT2D eigenvalue weighted by molar-refractivity contribution is 5.37. The molecule has 0 saturated carbocycles. The van der Waals surface area contributed by atoms with Crippen molar-refractivity contribution in [3.05, 3.63) is 35.4 Å². The average molecular weight is 257 g/mol. The minimum atomic E-state index is -0.0731. The molecule has 1 fully saturated rings. The topological polar surface area (TPSA) is 23.5 Å². The predicted molar refractivity (Wildman–Crippen MR) is 78.8 cm³/mol. The van der Waals surface area contributed by atoms with Gasteiger partial charge in [0.25, 0.3) is 0 Å². The van der Waals surface area contributed by atoms with E-state index >= 15 is 0 Å². The van der Waals surface area contributed by atoms with E-state index in [1.807, 2.05) is 6.07 Å². The fourth-order valence-corrected chi connectivity index (χ4v) is 2.62. The van der Waals surface area contributed by atoms with Crippen LogP contribution in [0.1, 0.15) is 43.2 Å². The van der Waals surface area contributed by atoms with Crippen molar-refractivity contribution < 1.29 is 5.11 Å². The van der Waals surface area contributed by atoms with Gasteiger partial charge in [-0.15, -0.1) is 0 Å². The number of nitrogens with zero attached hydrogens (tertiary/aromatic N) is 1. The normalized spacial score (nSPS) is 17.1. The second-order valence-electron chi connectivity index (χ2n) is 5.20. The van der Waals surface area contributed by atoms with Gasteiger partial charge in [-0.2, -0.15) is 0 Å². The van der Waals surface area contributed by atoms with Crippen molar-refractivity contribution in [3.8, 4) is 11.8 Å². The Labute approximate surface area is 116 Å². The molecule has 2 heteroatoms. The van der Waals surface area contributed by atoms with Crippen LogP contribution in [0.2, 0.25) is 0 Å². The zero-order valence-corrected chi connectivity index (χ0v) is 11.6. The maximum atomic E-state index is 8.73. The molecule has 0 amide bonds. The molecule has 1 saturated heterocycles. The lowest BCUT2D eigenvalue weighted by Crippen LogP contribution is -2.26. The van der Waals surface area contributed by atoms with Crippen molar-refractivity contribution in [1.29, 1.82) is 0 Å². The summed E-state index contributed by atoms with van der Waals surface area (Å²) in [4.78, 5) is 2.55. The molecule has 0 aromatic heterocycles. The molecule has 2 nitrogen and oxygen atoms in total. The fraction of sp³-hybridized carbons (Fsp3) is 0.529. The summed E-state index contributed by atoms with van der Waals surface area (Å²) in [5.41, 5.74) is 2.32. The third-order valence-corrected chi connectivity index (χ3v) is 3.59. The van der Waals surface area contributed by atoms with E-state index in [0.717, 1.165) is 12.1 Å². The van der Waals surface area contributed by atoms with E-state index in [1.54, 1.807) is 0 Å². The van der Waals surface area contributed by atoms with Crippen molar-refractivity contribution in [3.63, 3.8) is 0 Å². The van der Waals surface area contributed by atoms with E-state index in [2.05, 4.69) is 34.9 Å². The number of benzene rings is 1. The molecule has 1 aliphatic heterocycles. The van der Waals surface area contributed by atoms with Gasteiger partial charge >= 0.3 is 0 Å². The van der Waals surface area contributed by atoms with Gasteiger partial charge in [-0.3, -0.25) is 4.90 Å². The smallest absolute Gasteiger partial charge is 0.104 e. The summed E-state index contributed by atoms with van der Waals surface area (Å²) in [6, 6.07) is 8.37. The number of hydrogen-bond acceptors (Lipinski definition) is 2. The number of rotatable bonds is 2. The van der Waals surface area contributed by atoms with Crippen LogP contribution in [-0.2, 0) is 6.54 Å². The van der Waals surface area contributed by atoms with Gasteiger partial charge in [0.1, 0.15) is 6.61 Å². The lowest BCUT2D eigenvalue weighted by Gasteiger charge is -2.24. The summed E-state index contributed by atoms with van der Waals surface area (Å²) in [6.45, 7) is 3.38. The van der Waals surface area contributed by atoms with Gasteiger partial charge in [-0.1, -0.05) is 43.2 Å². The number of likely N-dealkylation sites (tertiary alicyclic amines) is 1. The van der Waals surface area contributed by atoms with Crippen molar-refractivity contribution in [2.75, 3.05) is 19.7 Å². The van der Waals surface area contributed by atoms with E-state index in [0.29, 0.717) is 0 Å². The largest absolute Gasteiger partial charge is 0.384 e. The minimum Gasteiger partial charge on any atom is -0.384 e. The Morgan fingerprint density at radius 2 is 1.79 bits per heavy atom. The van der Waals surface area contributed by atoms with Crippen LogP contribution >= 0.6 is 0 Å². The predicted octanol–water partition coefficient (Wildman–Crippen LogP) is 2.80. The van der Waals surface area contributed by atoms with Crippen LogP contribution in [0.25, 0.3) is 0 Å². The molecule has 0 unspecified atom stereocenters. The van der Waals surface area contributed by atoms with Gasteiger partial charge in [-0.05, 0) is 43.6 Å². The summed E-state index contributed by atoms with van der Waals surface area (Å²) >= 11 is 0. The van der Waals surface area contributed by atoms with Crippen LogP contribution in [0.5, 0.6) is 0 Å². The van der Waals surface area contributed by atoms with E-state index in [1.165, 1.54) is 50.8 Å². The molecular weight excluding hydrogens is 234 g/mol. The van der Waals surface area contributed by atoms with Gasteiger partial charge in [0.2, 0.25) is 0 Å². The van der Waals surface area contributed by atoms with Gasteiger partial charge in [0, 0.05) is 12.1 Å². The Kier molecular flexibility index (Phi) is 5.94. The van der Waals surface area contributed by atoms with Crippen molar-refractivity contribution >= 4 is 0 Å². The molecule has 1 heterocycles. The Morgan fingerprint density at radius 3 is 2.53 bits per heavy atom. The molecule has 0 atom stereocenters. The van der Waals surface area contributed by atoms with Crippen LogP contribution in [0.4, 0.5) is 0 Å². The molecule has 102 valence electrons. The van der Waals surface area contributed by atoms with Crippen LogP contribution in [0.3, 0.4) is 0 Å². The average Bonchev–Trinajstić information content (AvgIpc) is 2.40. The van der Waals surface area contributed by atoms with Gasteiger partial charge in [-0.25, -0.2) is 0 Å². The Bertz CT molecular complexity index is 436. The molecule has 0 radical (unpaired) electrons. The molecule has 0 spiro atoms. The quantitative estimate of drug-likeness (QED) is 0.824. The molecule has 1 aromatic rings. The molecule has 1 N–H and O–H groups in total. The van der Waals surface area contributed by atoms with Gasteiger partial charge in [0.05, 0.1) is 0 Å². The SMILES string of the molecule is OCC#Cc1cccc(CN2CCCCCCC2)c1. The van der Waals surface area contributed by atoms with E-state index in [4.69, 9.17) is 5.11 Å². The second-order valence-corrected chi connectivity index (χ2v) is 5.20. The standard InChI is InChI=1S/C17H23NO/c19-13-7-10-16-8-6-9-17(14-16)15-18-11-4-2-1-3-5-12-18/h6,8-9,14,19H,1-5,11-13,15H2. The van der Waals surface area contributed by atoms with Crippen LogP contribution in [0, 0.1) is 11.8 Å². The Balaban J connectivity index is 1.97. The maximum absolute atomic E-state index is 8.73. The fourth-order valence-electron chi connectivity index (χ4n) is 2.62. The molecule has 1 aliphatic rings. The lowest BCUT2D eigenvalue weighted by molar-refractivity contribution is 0.240. The first-order valence-electron chi connectivity index (χ1n) is 7.29. The molecule has 0 aliphatic carbocycles. The zero-order chi connectivity index (χ0) is 13.3. The highest BCUT2D eigenvalue weighted by atomic mass is 16.2. The molecular formula is C17H23NO. The second kappa shape index (κ2) is 7.99. The van der Waals surface area contributed by atoms with E-state index in [9.17, 15) is 0 Å². The first kappa shape index (κ1) is 14.1. The third kappa shape index (κ3) is 5.06. The summed E-state index contributed by atoms with van der Waals surface area (Å²) in [5, 5.41) is 8.73. The Morgan fingerprint density at radius 1 is 1.05 bits per heavy atom. The monoisotopic (exact) mass is 257 g/mol. The van der Waals surface area contributed by atoms with Crippen LogP contribution in [-0.4, -0.2) is 29.7 Å². The summed E-state index contributed by atoms with van der Waals surface area (Å²) in [5.74, 6) is 5.68. The lowest BCUT2D eigenvalue weighted by atomic mass is 10.1. The third-order valence-electron chi connectivity index (χ3n) is 3.59. The molecule has 2 rings (SSSR count). The van der Waals surface area contributed by atoms with Crippen LogP contribution < -0.4 is 0 Å². The van der Waals surface area contributed by atoms with Crippen molar-refractivity contribution in [1.82, 2.24) is 4.90 Å². The summed E-state index contributed by atoms with van der Waals surface area (Å²) in [6.07, 6.45) is 6.80. The maximum Gasteiger partial charge on any atom is 0.104 e. The molecule has 1 aromatic carbocycles. The van der Waals surface area contributed by atoms with Gasteiger partial charge in [0.15, 0.2) is 0 Å². The Hall–Kier alpha value is -1.30. The number of aliphatic hydroxyl groups excluding tert-OH is 1. The van der Waals surface area contributed by atoms with Gasteiger partial charge < -0.3 is 5.11 Å². The molecule has 19 heavy (non-hydrogen) atoms. The highest BCUT2D eigenvalue weighted by Crippen LogP contribution is 2.14. The summed E-state index contributed by atoms with van der Waals surface area (Å²) < 4.78 is 0. The number of hydrogen-bond donors (Lipinski definition) is 1. The van der Waals surface area contributed by atoms with Crippen molar-refractivity contribution in [2.24, 2.45) is 0 Å². The molecule has 0 bridgehead atoms. The first-order chi connectivity index (χ1) is 9.38. The van der Waals surface area contributed by atoms with Crippen molar-refractivity contribution in [2.45, 2.75) is 38.6 Å². The summed E-state index contributed by atoms with van der Waals surface area (Å²) in [7, 11) is 0. The first-order valence-corrected chi connectivity index (χ1v) is 7.29. The zero-order valence-electron chi connectivity index (χ0n) is 11.6. The van der Waals surface area contributed by atoms with E-state index in [-0.39, 0.29) is 6.61 Å².